The van der Waals surface area contributed by atoms with Crippen LogP contribution in [0.1, 0.15) is 233 Å². The Hall–Kier alpha value is -11.9. The van der Waals surface area contributed by atoms with Gasteiger partial charge in [-0.2, -0.15) is 0 Å². The van der Waals surface area contributed by atoms with Gasteiger partial charge in [0.15, 0.2) is 0 Å². The number of phenolic OH excluding ortho intramolecular Hbond substituents is 2. The number of aromatic nitrogens is 8. The number of nitrogens with one attached hydrogen (secondary N) is 4. The Morgan fingerprint density at radius 1 is 0.229 bits per heavy atom. The van der Waals surface area contributed by atoms with Crippen molar-refractivity contribution < 1.29 is 10.2 Å². The van der Waals surface area contributed by atoms with Crippen molar-refractivity contribution in [2.24, 2.45) is 0 Å². The molecule has 0 amide bonds. The molecule has 2 aliphatic heterocycles. The van der Waals surface area contributed by atoms with Crippen LogP contribution >= 0.6 is 0 Å². The third-order valence-electron chi connectivity index (χ3n) is 24.9. The molecule has 0 saturated heterocycles. The molecule has 6 N–H and O–H groups in total. The number of fused-ring (bicyclic) bond motifs is 14. The van der Waals surface area contributed by atoms with Crippen LogP contribution in [0.3, 0.4) is 0 Å². The average molecular weight is 1550 g/mol. The maximum Gasteiger partial charge on any atom is 0.116 e. The predicted molar refractivity (Wildman–Crippen MR) is 502 cm³/mol. The lowest BCUT2D eigenvalue weighted by molar-refractivity contribution is 0.475. The van der Waals surface area contributed by atoms with Crippen molar-refractivity contribution in [3.05, 3.63) is 237 Å². The number of phenols is 2. The van der Waals surface area contributed by atoms with Crippen molar-refractivity contribution in [1.82, 2.24) is 39.9 Å². The Kier molecular flexibility index (Phi) is 17.2. The first-order valence-electron chi connectivity index (χ1n) is 42.0. The smallest absolute Gasteiger partial charge is 0.116 e. The van der Waals surface area contributed by atoms with E-state index in [1.807, 2.05) is 24.3 Å². The Morgan fingerprint density at radius 2 is 0.483 bits per heavy atom. The van der Waals surface area contributed by atoms with Gasteiger partial charge in [0.1, 0.15) is 11.5 Å². The summed E-state index contributed by atoms with van der Waals surface area (Å²) in [6.07, 6.45) is 8.69. The molecule has 0 atom stereocenters. The van der Waals surface area contributed by atoms with E-state index < -0.39 is 0 Å². The van der Waals surface area contributed by atoms with Crippen LogP contribution in [0.2, 0.25) is 0 Å². The molecule has 2 aliphatic rings. The van der Waals surface area contributed by atoms with Gasteiger partial charge in [0.05, 0.1) is 55.9 Å². The standard InChI is InChI=1S/C108H110N8O2/c1-101(2,3)63-39-59(40-64(49-63)102(4,5)6)91-81-35-31-77(109-81)89(57-27-25-29-71(117)47-57)78-32-36-82(110-78)93(61-43-67(105(13,14)15)51-68(44-61)106(16,17)18)87-55-75-76-56-88-94(62-45-69(107(19,20)21)52-70(46-62)108(22,23)24)84-38-34-80(112-84)90(58-28-26-30-72(118)48-58)79-33-37-83(111-79)92(60-41-65(103(7,8)9)50-66(42-60)104(10,11)12)86-54-74-73-53-85(91)113-97(73)95(99(75)115-87)96(98(74)114-86)100(76)116-88/h25-56,109,111,115-118H,1-24H3. The molecular weight excluding hydrogens is 1440 g/mol. The van der Waals surface area contributed by atoms with Crippen molar-refractivity contribution in [3.8, 4) is 78.3 Å². The van der Waals surface area contributed by atoms with Gasteiger partial charge in [-0.15, -0.1) is 0 Å². The average Bonchev–Trinajstić information content (AvgIpc) is 1.52. The van der Waals surface area contributed by atoms with Crippen molar-refractivity contribution in [3.63, 3.8) is 0 Å². The third kappa shape index (κ3) is 13.3. The molecule has 118 heavy (non-hydrogen) atoms. The molecular formula is C108H110N8O2. The quantitative estimate of drug-likeness (QED) is 0.0974. The lowest BCUT2D eigenvalue weighted by atomic mass is 9.78. The Balaban J connectivity index is 1.15. The van der Waals surface area contributed by atoms with Gasteiger partial charge >= 0.3 is 0 Å². The van der Waals surface area contributed by atoms with E-state index in [0.717, 1.165) is 188 Å². The number of aromatic hydroxyl groups is 2. The second-order valence-corrected chi connectivity index (χ2v) is 42.1. The minimum atomic E-state index is -0.230. The van der Waals surface area contributed by atoms with E-state index >= 15 is 0 Å². The fourth-order valence-corrected chi connectivity index (χ4v) is 17.8. The molecule has 594 valence electrons. The molecule has 8 aromatic carbocycles. The number of hydrogen-bond acceptors (Lipinski definition) is 6. The van der Waals surface area contributed by atoms with E-state index in [2.05, 4.69) is 344 Å². The van der Waals surface area contributed by atoms with Crippen molar-refractivity contribution >= 4 is 123 Å². The van der Waals surface area contributed by atoms with Crippen molar-refractivity contribution in [2.45, 2.75) is 209 Å². The highest BCUT2D eigenvalue weighted by Gasteiger charge is 2.33. The van der Waals surface area contributed by atoms with Crippen LogP contribution in [-0.4, -0.2) is 50.1 Å². The zero-order valence-electron chi connectivity index (χ0n) is 73.2. The van der Waals surface area contributed by atoms with Gasteiger partial charge in [-0.05, 0) is 218 Å². The number of rotatable bonds is 6. The zero-order valence-corrected chi connectivity index (χ0v) is 73.2. The Labute approximate surface area is 693 Å². The molecule has 0 unspecified atom stereocenters. The summed E-state index contributed by atoms with van der Waals surface area (Å²) in [7, 11) is 0. The first kappa shape index (κ1) is 77.4. The van der Waals surface area contributed by atoms with E-state index in [0.29, 0.717) is 0 Å². The molecule has 0 fully saturated rings. The fraction of sp³-hybridized carbons (Fsp3) is 0.296. The van der Waals surface area contributed by atoms with E-state index in [4.69, 9.17) is 19.9 Å². The summed E-state index contributed by atoms with van der Waals surface area (Å²) < 4.78 is 0. The largest absolute Gasteiger partial charge is 0.508 e. The van der Waals surface area contributed by atoms with Crippen LogP contribution in [0.15, 0.2) is 170 Å². The van der Waals surface area contributed by atoms with Crippen LogP contribution in [0, 0.1) is 0 Å². The summed E-state index contributed by atoms with van der Waals surface area (Å²) in [4.78, 5) is 41.4. The SMILES string of the molecule is CC(C)(C)c1cc(-c2c3nc(c(-c4cccc(O)c4)c4ccc([nH]4)c(-c4cc(C(C)(C)C)cc(C(C)(C)C)c4)c4cc5c6cc7nc6c6c8[nH]c(cc8c8cc2[nH]c8c6c5n4)c(-c2cc(C(C)(C)C)cc(C(C)(C)C)c2)c2nc(c(-c4cccc(O)c4)c4ccc([nH]4)c7-c4cc(C(C)(C)C)cc(C(C)(C)C)c4)C=C2)C=C3)cc(C(C)(C)C)c1. The normalized spacial score (nSPS) is 13.6. The molecule has 0 radical (unpaired) electrons. The lowest BCUT2D eigenvalue weighted by Crippen LogP contribution is -2.16. The van der Waals surface area contributed by atoms with Gasteiger partial charge < -0.3 is 30.1 Å². The van der Waals surface area contributed by atoms with Crippen molar-refractivity contribution in [2.75, 3.05) is 0 Å². The Bertz CT molecular complexity index is 6640. The van der Waals surface area contributed by atoms with Crippen LogP contribution < -0.4 is 0 Å². The van der Waals surface area contributed by atoms with Crippen molar-refractivity contribution in [1.29, 1.82) is 0 Å². The van der Waals surface area contributed by atoms with E-state index in [1.165, 1.54) is 44.5 Å². The summed E-state index contributed by atoms with van der Waals surface area (Å²) >= 11 is 0. The lowest BCUT2D eigenvalue weighted by Gasteiger charge is -2.26. The molecule has 10 heterocycles. The number of aromatic amines is 4. The molecule has 0 saturated carbocycles. The molecule has 8 aromatic heterocycles. The first-order valence-corrected chi connectivity index (χ1v) is 42.0. The summed E-state index contributed by atoms with van der Waals surface area (Å²) in [6.45, 7) is 55.4. The highest BCUT2D eigenvalue weighted by Crippen LogP contribution is 2.52. The molecule has 16 aromatic rings. The zero-order chi connectivity index (χ0) is 83.7. The molecule has 0 aliphatic carbocycles. The van der Waals surface area contributed by atoms with Crippen LogP contribution in [0.5, 0.6) is 11.5 Å². The van der Waals surface area contributed by atoms with Crippen LogP contribution in [0.4, 0.5) is 0 Å². The van der Waals surface area contributed by atoms with Gasteiger partial charge in [0.2, 0.25) is 0 Å². The summed E-state index contributed by atoms with van der Waals surface area (Å²) in [6, 6.07) is 62.2. The second-order valence-electron chi connectivity index (χ2n) is 42.1. The minimum absolute atomic E-state index is 0.158. The first-order chi connectivity index (χ1) is 55.3. The van der Waals surface area contributed by atoms with E-state index in [9.17, 15) is 10.2 Å². The number of benzene rings is 8. The molecule has 18 rings (SSSR count). The maximum absolute atomic E-state index is 11.6. The third-order valence-corrected chi connectivity index (χ3v) is 24.9. The monoisotopic (exact) mass is 1550 g/mol. The van der Waals surface area contributed by atoms with Gasteiger partial charge in [-0.3, -0.25) is 0 Å². The maximum atomic E-state index is 11.6. The summed E-state index contributed by atoms with van der Waals surface area (Å²) in [5, 5.41) is 28.9. The van der Waals surface area contributed by atoms with E-state index in [-0.39, 0.29) is 54.8 Å². The van der Waals surface area contributed by atoms with E-state index in [1.54, 1.807) is 12.1 Å². The fourth-order valence-electron chi connectivity index (χ4n) is 17.8. The van der Waals surface area contributed by atoms with Crippen LogP contribution in [0.25, 0.3) is 190 Å². The highest BCUT2D eigenvalue weighted by atomic mass is 16.3. The molecule has 10 nitrogen and oxygen atoms in total. The minimum Gasteiger partial charge on any atom is -0.508 e. The Morgan fingerprint density at radius 3 is 0.746 bits per heavy atom. The number of H-pyrrole nitrogens is 4. The molecule has 0 spiro atoms. The van der Waals surface area contributed by atoms with Gasteiger partial charge in [0, 0.05) is 98.8 Å². The molecule has 16 bridgehead atoms. The summed E-state index contributed by atoms with van der Waals surface area (Å²) in [5.74, 6) is 0.317. The number of hydrogen-bond donors (Lipinski definition) is 6. The van der Waals surface area contributed by atoms with Gasteiger partial charge in [-0.25, -0.2) is 19.9 Å². The van der Waals surface area contributed by atoms with Gasteiger partial charge in [-0.1, -0.05) is 263 Å². The van der Waals surface area contributed by atoms with Crippen LogP contribution in [-0.2, 0) is 43.3 Å². The second kappa shape index (κ2) is 26.3. The molecule has 10 heteroatoms. The highest BCUT2D eigenvalue weighted by molar-refractivity contribution is 6.39. The van der Waals surface area contributed by atoms with Gasteiger partial charge in [0.25, 0.3) is 0 Å². The topological polar surface area (TPSA) is 155 Å². The number of nitrogens with zero attached hydrogens (tertiary/aromatic N) is 4. The predicted octanol–water partition coefficient (Wildman–Crippen LogP) is 29.4. The summed E-state index contributed by atoms with van der Waals surface area (Å²) in [5.41, 5.74) is 32.4.